The molecule has 0 aromatic rings. The van der Waals surface area contributed by atoms with Gasteiger partial charge in [0.05, 0.1) is 18.8 Å². The fourth-order valence-electron chi connectivity index (χ4n) is 2.36. The zero-order chi connectivity index (χ0) is 12.5. The smallest absolute Gasteiger partial charge is 0.0960 e. The molecule has 1 aliphatic heterocycles. The first kappa shape index (κ1) is 14.9. The maximum absolute atomic E-state index is 10.0. The second-order valence-electron chi connectivity index (χ2n) is 5.30. The van der Waals surface area contributed by atoms with E-state index < -0.39 is 0 Å². The number of nitrogens with zero attached hydrogens (tertiary/aromatic N) is 1. The van der Waals surface area contributed by atoms with Gasteiger partial charge >= 0.3 is 0 Å². The van der Waals surface area contributed by atoms with Crippen molar-refractivity contribution >= 4 is 0 Å². The van der Waals surface area contributed by atoms with Gasteiger partial charge in [-0.1, -0.05) is 45.4 Å². The molecule has 0 amide bonds. The molecule has 1 saturated heterocycles. The Morgan fingerprint density at radius 3 is 2.65 bits per heavy atom. The van der Waals surface area contributed by atoms with E-state index in [-0.39, 0.29) is 12.2 Å². The van der Waals surface area contributed by atoms with E-state index in [0.717, 1.165) is 32.5 Å². The van der Waals surface area contributed by atoms with Crippen molar-refractivity contribution in [2.24, 2.45) is 0 Å². The molecule has 1 fully saturated rings. The quantitative estimate of drug-likeness (QED) is 0.665. The number of unbranched alkanes of at least 4 members (excludes halogenated alkanes) is 5. The molecule has 0 aromatic carbocycles. The molecule has 3 nitrogen and oxygen atoms in total. The van der Waals surface area contributed by atoms with Crippen molar-refractivity contribution in [3.05, 3.63) is 0 Å². The Morgan fingerprint density at radius 2 is 1.94 bits per heavy atom. The first-order valence-corrected chi connectivity index (χ1v) is 7.22. The fraction of sp³-hybridized carbons (Fsp3) is 1.00. The molecular formula is C14H29NO2. The summed E-state index contributed by atoms with van der Waals surface area (Å²) in [6.07, 6.45) is 8.33. The summed E-state index contributed by atoms with van der Waals surface area (Å²) < 4.78 is 5.61. The van der Waals surface area contributed by atoms with Crippen LogP contribution in [0.4, 0.5) is 0 Å². The summed E-state index contributed by atoms with van der Waals surface area (Å²) in [5, 5.41) is 10.0. The largest absolute Gasteiger partial charge is 0.390 e. The molecule has 17 heavy (non-hydrogen) atoms. The Morgan fingerprint density at radius 1 is 1.24 bits per heavy atom. The summed E-state index contributed by atoms with van der Waals surface area (Å²) in [5.41, 5.74) is 0. The number of hydrogen-bond acceptors (Lipinski definition) is 3. The Bertz CT molecular complexity index is 187. The highest BCUT2D eigenvalue weighted by Crippen LogP contribution is 2.14. The van der Waals surface area contributed by atoms with Crippen LogP contribution in [-0.4, -0.2) is 49.0 Å². The van der Waals surface area contributed by atoms with Crippen LogP contribution in [-0.2, 0) is 4.74 Å². The second kappa shape index (κ2) is 8.90. The van der Waals surface area contributed by atoms with E-state index in [9.17, 15) is 5.11 Å². The molecular weight excluding hydrogens is 214 g/mol. The van der Waals surface area contributed by atoms with Crippen molar-refractivity contribution in [1.29, 1.82) is 0 Å². The van der Waals surface area contributed by atoms with Gasteiger partial charge in [-0.05, 0) is 13.5 Å². The third-order valence-corrected chi connectivity index (χ3v) is 3.58. The van der Waals surface area contributed by atoms with Gasteiger partial charge in [0.15, 0.2) is 0 Å². The van der Waals surface area contributed by atoms with Crippen LogP contribution in [0.15, 0.2) is 0 Å². The van der Waals surface area contributed by atoms with Crippen molar-refractivity contribution in [3.8, 4) is 0 Å². The van der Waals surface area contributed by atoms with Crippen molar-refractivity contribution in [2.45, 2.75) is 64.1 Å². The predicted molar refractivity (Wildman–Crippen MR) is 71.2 cm³/mol. The lowest BCUT2D eigenvalue weighted by Crippen LogP contribution is -2.45. The normalized spacial score (nSPS) is 23.8. The summed E-state index contributed by atoms with van der Waals surface area (Å²) in [6, 6.07) is 0. The molecule has 1 heterocycles. The van der Waals surface area contributed by atoms with Crippen LogP contribution in [0.1, 0.15) is 51.9 Å². The molecule has 0 radical (unpaired) electrons. The molecule has 102 valence electrons. The van der Waals surface area contributed by atoms with E-state index in [4.69, 9.17) is 4.74 Å². The molecule has 2 unspecified atom stereocenters. The summed E-state index contributed by atoms with van der Waals surface area (Å²) in [5.74, 6) is 0. The predicted octanol–water partition coefficient (Wildman–Crippen LogP) is 2.43. The van der Waals surface area contributed by atoms with Gasteiger partial charge in [0, 0.05) is 13.1 Å². The number of likely N-dealkylation sites (N-methyl/N-ethyl adjacent to an activating group) is 1. The first-order chi connectivity index (χ1) is 8.24. The van der Waals surface area contributed by atoms with Crippen LogP contribution < -0.4 is 0 Å². The number of rotatable bonds is 8. The van der Waals surface area contributed by atoms with Crippen LogP contribution in [0.25, 0.3) is 0 Å². The summed E-state index contributed by atoms with van der Waals surface area (Å²) in [7, 11) is 2.09. The topological polar surface area (TPSA) is 32.7 Å². The van der Waals surface area contributed by atoms with Crippen molar-refractivity contribution in [2.75, 3.05) is 26.7 Å². The van der Waals surface area contributed by atoms with Crippen LogP contribution >= 0.6 is 0 Å². The zero-order valence-electron chi connectivity index (χ0n) is 11.5. The van der Waals surface area contributed by atoms with E-state index in [1.165, 1.54) is 32.1 Å². The molecule has 1 N–H and O–H groups in total. The van der Waals surface area contributed by atoms with Crippen LogP contribution in [0.2, 0.25) is 0 Å². The molecule has 2 atom stereocenters. The minimum Gasteiger partial charge on any atom is -0.390 e. The number of morpholine rings is 1. The maximum Gasteiger partial charge on any atom is 0.0960 e. The standard InChI is InChI=1S/C14H29NO2/c1-3-4-5-6-7-8-9-13(16)14-12-15(2)10-11-17-14/h13-14,16H,3-12H2,1-2H3. The van der Waals surface area contributed by atoms with Crippen LogP contribution in [0, 0.1) is 0 Å². The third-order valence-electron chi connectivity index (χ3n) is 3.58. The minimum atomic E-state index is -0.274. The summed E-state index contributed by atoms with van der Waals surface area (Å²) >= 11 is 0. The van der Waals surface area contributed by atoms with E-state index in [1.54, 1.807) is 0 Å². The molecule has 0 saturated carbocycles. The van der Waals surface area contributed by atoms with Gasteiger partial charge in [-0.2, -0.15) is 0 Å². The van der Waals surface area contributed by atoms with Gasteiger partial charge < -0.3 is 14.7 Å². The number of aliphatic hydroxyl groups is 1. The van der Waals surface area contributed by atoms with Gasteiger partial charge in [0.1, 0.15) is 0 Å². The lowest BCUT2D eigenvalue weighted by atomic mass is 10.0. The number of aliphatic hydroxyl groups excluding tert-OH is 1. The lowest BCUT2D eigenvalue weighted by molar-refractivity contribution is -0.0854. The maximum atomic E-state index is 10.0. The molecule has 3 heteroatoms. The average Bonchev–Trinajstić information content (AvgIpc) is 2.33. The molecule has 0 spiro atoms. The fourth-order valence-corrected chi connectivity index (χ4v) is 2.36. The number of hydrogen-bond donors (Lipinski definition) is 1. The first-order valence-electron chi connectivity index (χ1n) is 7.22. The Labute approximate surface area is 106 Å². The van der Waals surface area contributed by atoms with Gasteiger partial charge in [0.25, 0.3) is 0 Å². The molecule has 0 aliphatic carbocycles. The second-order valence-corrected chi connectivity index (χ2v) is 5.30. The lowest BCUT2D eigenvalue weighted by Gasteiger charge is -2.32. The molecule has 0 aromatic heterocycles. The zero-order valence-corrected chi connectivity index (χ0v) is 11.5. The highest BCUT2D eigenvalue weighted by Gasteiger charge is 2.24. The molecule has 1 aliphatic rings. The van der Waals surface area contributed by atoms with Crippen molar-refractivity contribution in [3.63, 3.8) is 0 Å². The summed E-state index contributed by atoms with van der Waals surface area (Å²) in [4.78, 5) is 2.23. The van der Waals surface area contributed by atoms with Crippen LogP contribution in [0.5, 0.6) is 0 Å². The number of ether oxygens (including phenoxy) is 1. The average molecular weight is 243 g/mol. The molecule has 1 rings (SSSR count). The van der Waals surface area contributed by atoms with E-state index in [1.807, 2.05) is 0 Å². The van der Waals surface area contributed by atoms with Crippen molar-refractivity contribution in [1.82, 2.24) is 4.90 Å². The van der Waals surface area contributed by atoms with E-state index >= 15 is 0 Å². The highest BCUT2D eigenvalue weighted by molar-refractivity contribution is 4.76. The Kier molecular flexibility index (Phi) is 7.82. The van der Waals surface area contributed by atoms with E-state index in [2.05, 4.69) is 18.9 Å². The van der Waals surface area contributed by atoms with Gasteiger partial charge in [0.2, 0.25) is 0 Å². The van der Waals surface area contributed by atoms with Gasteiger partial charge in [-0.3, -0.25) is 0 Å². The minimum absolute atomic E-state index is 0.0318. The van der Waals surface area contributed by atoms with Crippen LogP contribution in [0.3, 0.4) is 0 Å². The SMILES string of the molecule is CCCCCCCCC(O)C1CN(C)CCO1. The third kappa shape index (κ3) is 6.39. The molecule has 0 bridgehead atoms. The Hall–Kier alpha value is -0.120. The van der Waals surface area contributed by atoms with Gasteiger partial charge in [-0.15, -0.1) is 0 Å². The summed E-state index contributed by atoms with van der Waals surface area (Å²) in [6.45, 7) is 4.85. The highest BCUT2D eigenvalue weighted by atomic mass is 16.5. The van der Waals surface area contributed by atoms with Gasteiger partial charge in [-0.25, -0.2) is 0 Å². The van der Waals surface area contributed by atoms with Crippen molar-refractivity contribution < 1.29 is 9.84 Å². The van der Waals surface area contributed by atoms with E-state index in [0.29, 0.717) is 0 Å². The monoisotopic (exact) mass is 243 g/mol. The Balaban J connectivity index is 2.02.